The Morgan fingerprint density at radius 1 is 0.803 bits per heavy atom. The normalized spacial score (nSPS) is 15.8. The molecule has 2 aliphatic heterocycles. The number of halogens is 2. The van der Waals surface area contributed by atoms with Gasteiger partial charge in [-0.15, -0.1) is 34.5 Å². The minimum Gasteiger partial charge on any atom is -0.409 e. The molecule has 18 nitrogen and oxygen atoms in total. The Morgan fingerprint density at radius 2 is 1.34 bits per heavy atom. The fraction of sp³-hybridized carbons (Fsp3) is 0.306. The van der Waals surface area contributed by atoms with Gasteiger partial charge in [0.15, 0.2) is 0 Å². The van der Waals surface area contributed by atoms with Crippen LogP contribution in [-0.2, 0) is 20.8 Å². The Hall–Kier alpha value is -5.67. The van der Waals surface area contributed by atoms with Crippen LogP contribution in [-0.4, -0.2) is 108 Å². The van der Waals surface area contributed by atoms with Crippen LogP contribution >= 0.6 is 42.4 Å². The topological polar surface area (TPSA) is 243 Å². The maximum absolute atomic E-state index is 14.5. The molecule has 22 heteroatoms. The first kappa shape index (κ1) is 51.7. The van der Waals surface area contributed by atoms with Crippen LogP contribution in [0, 0.1) is 0 Å². The molecule has 374 valence electrons. The standard InChI is InChI=1S/C49H53Cl2N8O10PS/c1-56(20-21-57(2)67-28-29-13-15-32(16-14-29)55-46(60)37(52)12-7-19-54-53)49(63)68-40-22-38-44(35-10-5-3-8-33(35)40)30(24-50)26-58(38)47(61)42-17-18-43(71-42)48(62)59-27-31(25-51)45-36-11-6-4-9-34(36)41(23-39(45)59)69-70(64,65)66/h3-6,8-11,13-18,22-23,30-31,37,54H,7,12,19-21,24-28,52-53H2,1-2H3,(H,55,60)(H2,64,65,66)/t30-,31-,37+/m1/s1. The van der Waals surface area contributed by atoms with E-state index in [-0.39, 0.29) is 82.9 Å². The average molecular weight is 1050 g/mol. The quantitative estimate of drug-likeness (QED) is 0.0151. The number of amides is 4. The number of hydrazine groups is 1. The number of carbonyl (C=O) groups excluding carboxylic acids is 4. The lowest BCUT2D eigenvalue weighted by Crippen LogP contribution is -2.36. The molecule has 8 rings (SSSR count). The van der Waals surface area contributed by atoms with Gasteiger partial charge >= 0.3 is 13.9 Å². The van der Waals surface area contributed by atoms with Crippen LogP contribution in [0.25, 0.3) is 21.5 Å². The van der Waals surface area contributed by atoms with Gasteiger partial charge in [-0.05, 0) is 64.6 Å². The number of ether oxygens (including phenoxy) is 1. The number of hydrogen-bond acceptors (Lipinski definition) is 13. The van der Waals surface area contributed by atoms with Crippen molar-refractivity contribution >= 4 is 105 Å². The molecule has 0 saturated carbocycles. The minimum atomic E-state index is -4.96. The summed E-state index contributed by atoms with van der Waals surface area (Å²) < 4.78 is 23.2. The predicted octanol–water partition coefficient (Wildman–Crippen LogP) is 7.50. The van der Waals surface area contributed by atoms with Crippen molar-refractivity contribution in [2.24, 2.45) is 11.6 Å². The zero-order chi connectivity index (χ0) is 50.6. The largest absolute Gasteiger partial charge is 0.524 e. The molecular formula is C49H53Cl2N8O10PS. The van der Waals surface area contributed by atoms with Gasteiger partial charge in [-0.25, -0.2) is 9.36 Å². The van der Waals surface area contributed by atoms with Crippen LogP contribution in [0.2, 0.25) is 0 Å². The molecule has 5 aromatic carbocycles. The Morgan fingerprint density at radius 3 is 1.87 bits per heavy atom. The summed E-state index contributed by atoms with van der Waals surface area (Å²) in [6.45, 7) is 1.83. The number of nitrogens with two attached hydrogens (primary N) is 2. The van der Waals surface area contributed by atoms with Crippen LogP contribution < -0.4 is 41.4 Å². The molecule has 71 heavy (non-hydrogen) atoms. The summed E-state index contributed by atoms with van der Waals surface area (Å²) in [5, 5.41) is 6.99. The number of hydrogen-bond donors (Lipinski definition) is 6. The molecule has 2 aliphatic rings. The van der Waals surface area contributed by atoms with Gasteiger partial charge in [0.25, 0.3) is 11.8 Å². The summed E-state index contributed by atoms with van der Waals surface area (Å²) in [4.78, 5) is 85.4. The van der Waals surface area contributed by atoms with Crippen molar-refractivity contribution in [1.82, 2.24) is 15.4 Å². The molecule has 0 spiro atoms. The molecule has 0 aliphatic carbocycles. The van der Waals surface area contributed by atoms with Gasteiger partial charge in [-0.1, -0.05) is 60.7 Å². The lowest BCUT2D eigenvalue weighted by molar-refractivity contribution is -0.151. The third kappa shape index (κ3) is 11.5. The third-order valence-corrected chi connectivity index (χ3v) is 14.7. The van der Waals surface area contributed by atoms with E-state index in [0.717, 1.165) is 33.4 Å². The molecule has 8 N–H and O–H groups in total. The maximum Gasteiger partial charge on any atom is 0.524 e. The number of benzene rings is 5. The lowest BCUT2D eigenvalue weighted by atomic mass is 9.95. The number of likely N-dealkylation sites (N-methyl/N-ethyl adjacent to an activating group) is 2. The predicted molar refractivity (Wildman–Crippen MR) is 276 cm³/mol. The van der Waals surface area contributed by atoms with E-state index in [1.165, 1.54) is 15.9 Å². The first-order valence-corrected chi connectivity index (χ1v) is 26.1. The highest BCUT2D eigenvalue weighted by molar-refractivity contribution is 7.46. The van der Waals surface area contributed by atoms with Crippen molar-refractivity contribution in [2.45, 2.75) is 37.3 Å². The molecule has 4 amide bonds. The second-order valence-corrected chi connectivity index (χ2v) is 20.2. The fourth-order valence-electron chi connectivity index (χ4n) is 8.86. The molecular weight excluding hydrogens is 995 g/mol. The van der Waals surface area contributed by atoms with Crippen molar-refractivity contribution in [3.8, 4) is 11.5 Å². The summed E-state index contributed by atoms with van der Waals surface area (Å²) in [6, 6.07) is 27.3. The smallest absolute Gasteiger partial charge is 0.409 e. The van der Waals surface area contributed by atoms with E-state index in [1.54, 1.807) is 78.7 Å². The molecule has 0 saturated heterocycles. The lowest BCUT2D eigenvalue weighted by Gasteiger charge is -2.23. The summed E-state index contributed by atoms with van der Waals surface area (Å²) in [5.41, 5.74) is 12.5. The number of fused-ring (bicyclic) bond motifs is 6. The number of hydroxylamine groups is 2. The Bertz CT molecular complexity index is 3010. The molecule has 1 aromatic heterocycles. The van der Waals surface area contributed by atoms with Crippen LogP contribution in [0.1, 0.15) is 60.7 Å². The zero-order valence-corrected chi connectivity index (χ0v) is 42.0. The van der Waals surface area contributed by atoms with E-state index in [9.17, 15) is 33.5 Å². The summed E-state index contributed by atoms with van der Waals surface area (Å²) in [7, 11) is -1.60. The van der Waals surface area contributed by atoms with Gasteiger partial charge in [0, 0.05) is 99.0 Å². The highest BCUT2D eigenvalue weighted by atomic mass is 35.5. The monoisotopic (exact) mass is 1050 g/mol. The van der Waals surface area contributed by atoms with E-state index in [4.69, 9.17) is 48.9 Å². The molecule has 3 heterocycles. The summed E-state index contributed by atoms with van der Waals surface area (Å²) in [6.07, 6.45) is 0.539. The van der Waals surface area contributed by atoms with Crippen molar-refractivity contribution in [1.29, 1.82) is 0 Å². The molecule has 0 fully saturated rings. The maximum atomic E-state index is 14.5. The number of rotatable bonds is 19. The van der Waals surface area contributed by atoms with Crippen molar-refractivity contribution in [3.05, 3.63) is 124 Å². The highest BCUT2D eigenvalue weighted by Crippen LogP contribution is 2.50. The fourth-order valence-corrected chi connectivity index (χ4v) is 10.7. The van der Waals surface area contributed by atoms with Crippen molar-refractivity contribution in [2.75, 3.05) is 73.7 Å². The van der Waals surface area contributed by atoms with Crippen molar-refractivity contribution in [3.63, 3.8) is 0 Å². The van der Waals surface area contributed by atoms with Crippen LogP contribution in [0.4, 0.5) is 21.9 Å². The second kappa shape index (κ2) is 22.4. The van der Waals surface area contributed by atoms with Gasteiger partial charge in [0.2, 0.25) is 5.91 Å². The number of alkyl halides is 2. The minimum absolute atomic E-state index is 0.0815. The Balaban J connectivity index is 0.937. The van der Waals surface area contributed by atoms with E-state index >= 15 is 0 Å². The van der Waals surface area contributed by atoms with Crippen LogP contribution in [0.15, 0.2) is 97.1 Å². The van der Waals surface area contributed by atoms with Gasteiger partial charge in [-0.2, -0.15) is 5.06 Å². The number of carbonyl (C=O) groups is 4. The molecule has 0 bridgehead atoms. The molecule has 3 atom stereocenters. The van der Waals surface area contributed by atoms with Gasteiger partial charge in [-0.3, -0.25) is 40.3 Å². The Kier molecular flexibility index (Phi) is 16.3. The molecule has 0 unspecified atom stereocenters. The van der Waals surface area contributed by atoms with Gasteiger partial charge in [0.05, 0.1) is 33.8 Å². The van der Waals surface area contributed by atoms with Crippen molar-refractivity contribution < 1.29 is 47.6 Å². The first-order valence-electron chi connectivity index (χ1n) is 22.7. The zero-order valence-electron chi connectivity index (χ0n) is 38.8. The number of anilines is 3. The summed E-state index contributed by atoms with van der Waals surface area (Å²) in [5.74, 6) is 4.20. The average Bonchev–Trinajstić information content (AvgIpc) is 4.11. The summed E-state index contributed by atoms with van der Waals surface area (Å²) >= 11 is 14.0. The van der Waals surface area contributed by atoms with E-state index in [0.29, 0.717) is 59.2 Å². The van der Waals surface area contributed by atoms with Gasteiger partial charge in [0.1, 0.15) is 11.5 Å². The number of thiophene rings is 1. The third-order valence-electron chi connectivity index (χ3n) is 12.5. The Labute approximate surface area is 423 Å². The number of nitrogens with zero attached hydrogens (tertiary/aromatic N) is 4. The molecule has 6 aromatic rings. The van der Waals surface area contributed by atoms with Crippen LogP contribution in [0.5, 0.6) is 11.5 Å². The molecule has 0 radical (unpaired) electrons. The van der Waals surface area contributed by atoms with E-state index in [2.05, 4.69) is 10.7 Å². The number of phosphoric ester groups is 1. The highest BCUT2D eigenvalue weighted by Gasteiger charge is 2.39. The second-order valence-electron chi connectivity index (χ2n) is 17.3. The SMILES string of the molecule is CN(CCN(C)C(=O)Oc1cc2c(c3ccccc13)[C@H](CCl)CN2C(=O)c1ccc(C(=O)N2C[C@@H](CCl)c3c2cc(OP(=O)(O)O)c2ccccc32)s1)OCc1ccc(NC(=O)[C@@H](N)CCCNN)cc1. The van der Waals surface area contributed by atoms with Crippen LogP contribution in [0.3, 0.4) is 0 Å². The number of nitrogens with one attached hydrogen (secondary N) is 2. The number of phosphoric acid groups is 1. The first-order chi connectivity index (χ1) is 34.1. The van der Waals surface area contributed by atoms with Gasteiger partial charge < -0.3 is 35.0 Å². The van der Waals surface area contributed by atoms with E-state index in [1.807, 2.05) is 36.4 Å². The van der Waals surface area contributed by atoms with E-state index < -0.39 is 25.9 Å².